The molecule has 5 nitrogen and oxygen atoms in total. The van der Waals surface area contributed by atoms with Gasteiger partial charge in [-0.2, -0.15) is 0 Å². The van der Waals surface area contributed by atoms with Crippen molar-refractivity contribution >= 4 is 5.96 Å². The van der Waals surface area contributed by atoms with Crippen LogP contribution in [0.15, 0.2) is 4.99 Å². The zero-order valence-corrected chi connectivity index (χ0v) is 12.4. The van der Waals surface area contributed by atoms with Gasteiger partial charge in [0, 0.05) is 33.4 Å². The van der Waals surface area contributed by atoms with Gasteiger partial charge in [0.15, 0.2) is 5.96 Å². The normalized spacial score (nSPS) is 19.7. The van der Waals surface area contributed by atoms with Crippen LogP contribution in [-0.4, -0.2) is 52.0 Å². The molecule has 0 aromatic heterocycles. The predicted molar refractivity (Wildman–Crippen MR) is 78.7 cm³/mol. The predicted octanol–water partition coefficient (Wildman–Crippen LogP) is 1.54. The van der Waals surface area contributed by atoms with Crippen LogP contribution in [0.1, 0.15) is 39.0 Å². The molecule has 1 atom stereocenters. The lowest BCUT2D eigenvalue weighted by Gasteiger charge is -2.12. The molecule has 1 aliphatic heterocycles. The molecule has 0 aliphatic carbocycles. The number of rotatable bonds is 9. The Labute approximate surface area is 117 Å². The van der Waals surface area contributed by atoms with Crippen molar-refractivity contribution in [3.8, 4) is 0 Å². The van der Waals surface area contributed by atoms with E-state index in [4.69, 9.17) is 9.47 Å². The van der Waals surface area contributed by atoms with Crippen molar-refractivity contribution in [3.63, 3.8) is 0 Å². The second-order valence-electron chi connectivity index (χ2n) is 4.84. The van der Waals surface area contributed by atoms with Gasteiger partial charge in [-0.25, -0.2) is 0 Å². The summed E-state index contributed by atoms with van der Waals surface area (Å²) in [6.07, 6.45) is 6.01. The summed E-state index contributed by atoms with van der Waals surface area (Å²) in [5.41, 5.74) is 0. The van der Waals surface area contributed by atoms with E-state index in [-0.39, 0.29) is 0 Å². The molecule has 5 heteroatoms. The number of nitrogens with zero attached hydrogens (tertiary/aromatic N) is 1. The lowest BCUT2D eigenvalue weighted by Crippen LogP contribution is -2.38. The summed E-state index contributed by atoms with van der Waals surface area (Å²) in [4.78, 5) is 4.17. The molecule has 0 radical (unpaired) electrons. The molecular formula is C14H29N3O2. The van der Waals surface area contributed by atoms with E-state index in [9.17, 15) is 0 Å². The molecule has 0 saturated carbocycles. The van der Waals surface area contributed by atoms with Gasteiger partial charge in [-0.1, -0.05) is 13.3 Å². The van der Waals surface area contributed by atoms with Gasteiger partial charge >= 0.3 is 0 Å². The third-order valence-electron chi connectivity index (χ3n) is 3.13. The fraction of sp³-hybridized carbons (Fsp3) is 0.929. The van der Waals surface area contributed by atoms with Gasteiger partial charge in [-0.15, -0.1) is 0 Å². The molecule has 0 bridgehead atoms. The fourth-order valence-corrected chi connectivity index (χ4v) is 1.98. The van der Waals surface area contributed by atoms with Crippen molar-refractivity contribution in [3.05, 3.63) is 0 Å². The second kappa shape index (κ2) is 11.1. The van der Waals surface area contributed by atoms with Crippen molar-refractivity contribution in [1.29, 1.82) is 0 Å². The topological polar surface area (TPSA) is 54.9 Å². The summed E-state index contributed by atoms with van der Waals surface area (Å²) in [5.74, 6) is 0.882. The molecule has 0 aromatic carbocycles. The lowest BCUT2D eigenvalue weighted by atomic mass is 10.2. The summed E-state index contributed by atoms with van der Waals surface area (Å²) in [6.45, 7) is 6.46. The van der Waals surface area contributed by atoms with Crippen molar-refractivity contribution < 1.29 is 9.47 Å². The first-order valence-electron chi connectivity index (χ1n) is 7.50. The van der Waals surface area contributed by atoms with Gasteiger partial charge in [-0.3, -0.25) is 4.99 Å². The first kappa shape index (κ1) is 16.2. The van der Waals surface area contributed by atoms with E-state index in [0.717, 1.165) is 51.7 Å². The van der Waals surface area contributed by atoms with Crippen LogP contribution in [-0.2, 0) is 9.47 Å². The first-order valence-corrected chi connectivity index (χ1v) is 7.50. The average molecular weight is 271 g/mol. The van der Waals surface area contributed by atoms with Crippen LogP contribution in [0.3, 0.4) is 0 Å². The summed E-state index contributed by atoms with van der Waals surface area (Å²) in [5, 5.41) is 6.57. The number of guanidine groups is 1. The van der Waals surface area contributed by atoms with Crippen molar-refractivity contribution in [2.45, 2.75) is 45.1 Å². The molecule has 1 rings (SSSR count). The number of aliphatic imine (C=N–C) groups is 1. The number of nitrogens with one attached hydrogen (secondary N) is 2. The van der Waals surface area contributed by atoms with Crippen LogP contribution in [0.25, 0.3) is 0 Å². The zero-order chi connectivity index (χ0) is 13.8. The molecule has 0 amide bonds. The molecule has 1 saturated heterocycles. The summed E-state index contributed by atoms with van der Waals surface area (Å²) in [6, 6.07) is 0. The molecule has 0 spiro atoms. The number of hydrogen-bond donors (Lipinski definition) is 2. The van der Waals surface area contributed by atoms with Gasteiger partial charge < -0.3 is 20.1 Å². The van der Waals surface area contributed by atoms with E-state index < -0.39 is 0 Å². The third kappa shape index (κ3) is 8.06. The van der Waals surface area contributed by atoms with Crippen LogP contribution < -0.4 is 10.6 Å². The van der Waals surface area contributed by atoms with Crippen LogP contribution in [0.5, 0.6) is 0 Å². The van der Waals surface area contributed by atoms with Crippen molar-refractivity contribution in [1.82, 2.24) is 10.6 Å². The lowest BCUT2D eigenvalue weighted by molar-refractivity contribution is 0.0168. The maximum absolute atomic E-state index is 5.61. The highest BCUT2D eigenvalue weighted by Gasteiger charge is 2.14. The van der Waals surface area contributed by atoms with Crippen LogP contribution in [0.2, 0.25) is 0 Å². The Morgan fingerprint density at radius 1 is 1.32 bits per heavy atom. The highest BCUT2D eigenvalue weighted by atomic mass is 16.5. The molecule has 19 heavy (non-hydrogen) atoms. The Bertz CT molecular complexity index is 241. The third-order valence-corrected chi connectivity index (χ3v) is 3.13. The van der Waals surface area contributed by atoms with Crippen molar-refractivity contribution in [2.24, 2.45) is 4.99 Å². The molecule has 1 unspecified atom stereocenters. The van der Waals surface area contributed by atoms with Gasteiger partial charge in [0.05, 0.1) is 12.7 Å². The SMILES string of the molecule is CCCCNC(=NC)NCCCOCC1CCCO1. The fourth-order valence-electron chi connectivity index (χ4n) is 1.98. The van der Waals surface area contributed by atoms with E-state index in [0.29, 0.717) is 6.10 Å². The highest BCUT2D eigenvalue weighted by molar-refractivity contribution is 5.79. The van der Waals surface area contributed by atoms with Gasteiger partial charge in [0.1, 0.15) is 0 Å². The Kier molecular flexibility index (Phi) is 9.45. The summed E-state index contributed by atoms with van der Waals surface area (Å²) in [7, 11) is 1.80. The quantitative estimate of drug-likeness (QED) is 0.379. The first-order chi connectivity index (χ1) is 9.36. The molecule has 0 aromatic rings. The molecule has 112 valence electrons. The van der Waals surface area contributed by atoms with E-state index in [1.807, 2.05) is 0 Å². The molecule has 2 N–H and O–H groups in total. The number of hydrogen-bond acceptors (Lipinski definition) is 3. The van der Waals surface area contributed by atoms with Crippen LogP contribution in [0, 0.1) is 0 Å². The number of unbranched alkanes of at least 4 members (excludes halogenated alkanes) is 1. The van der Waals surface area contributed by atoms with Crippen molar-refractivity contribution in [2.75, 3.05) is 40.0 Å². The minimum atomic E-state index is 0.330. The zero-order valence-electron chi connectivity index (χ0n) is 12.4. The minimum absolute atomic E-state index is 0.330. The smallest absolute Gasteiger partial charge is 0.190 e. The van der Waals surface area contributed by atoms with E-state index in [1.54, 1.807) is 7.05 Å². The standard InChI is InChI=1S/C14H29N3O2/c1-3-4-8-16-14(15-2)17-9-6-10-18-12-13-7-5-11-19-13/h13H,3-12H2,1-2H3,(H2,15,16,17). The van der Waals surface area contributed by atoms with Gasteiger partial charge in [0.2, 0.25) is 0 Å². The maximum atomic E-state index is 5.61. The summed E-state index contributed by atoms with van der Waals surface area (Å²) >= 11 is 0. The molecule has 1 aliphatic rings. The Morgan fingerprint density at radius 3 is 2.74 bits per heavy atom. The molecule has 1 fully saturated rings. The second-order valence-corrected chi connectivity index (χ2v) is 4.84. The minimum Gasteiger partial charge on any atom is -0.379 e. The number of ether oxygens (including phenoxy) is 2. The van der Waals surface area contributed by atoms with Gasteiger partial charge in [0.25, 0.3) is 0 Å². The van der Waals surface area contributed by atoms with Gasteiger partial charge in [-0.05, 0) is 25.7 Å². The van der Waals surface area contributed by atoms with Crippen LogP contribution >= 0.6 is 0 Å². The Hall–Kier alpha value is -0.810. The molecular weight excluding hydrogens is 242 g/mol. The monoisotopic (exact) mass is 271 g/mol. The Morgan fingerprint density at radius 2 is 2.11 bits per heavy atom. The van der Waals surface area contributed by atoms with E-state index in [1.165, 1.54) is 19.3 Å². The Balaban J connectivity index is 1.90. The molecule has 1 heterocycles. The highest BCUT2D eigenvalue weighted by Crippen LogP contribution is 2.11. The maximum Gasteiger partial charge on any atom is 0.190 e. The van der Waals surface area contributed by atoms with E-state index >= 15 is 0 Å². The van der Waals surface area contributed by atoms with E-state index in [2.05, 4.69) is 22.5 Å². The van der Waals surface area contributed by atoms with Crippen LogP contribution in [0.4, 0.5) is 0 Å². The summed E-state index contributed by atoms with van der Waals surface area (Å²) < 4.78 is 11.1. The average Bonchev–Trinajstić information content (AvgIpc) is 2.94. The largest absolute Gasteiger partial charge is 0.379 e.